The second kappa shape index (κ2) is 16.0. The van der Waals surface area contributed by atoms with Crippen LogP contribution in [-0.4, -0.2) is 34.1 Å². The second-order valence-electron chi connectivity index (χ2n) is 9.73. The number of carbonyl (C=O) groups excluding carboxylic acids is 1. The third-order valence-corrected chi connectivity index (χ3v) is 7.06. The van der Waals surface area contributed by atoms with Crippen LogP contribution in [0.1, 0.15) is 72.6 Å². The molecule has 0 spiro atoms. The van der Waals surface area contributed by atoms with Crippen LogP contribution in [0.15, 0.2) is 103 Å². The minimum absolute atomic E-state index is 0.289. The number of ether oxygens (including phenoxy) is 1. The van der Waals surface area contributed by atoms with Gasteiger partial charge in [-0.1, -0.05) is 50.3 Å². The van der Waals surface area contributed by atoms with Crippen molar-refractivity contribution in [2.45, 2.75) is 46.5 Å². The summed E-state index contributed by atoms with van der Waals surface area (Å²) in [5.74, 6) is -2.67. The lowest BCUT2D eigenvalue weighted by Crippen LogP contribution is -2.06. The highest BCUT2D eigenvalue weighted by Crippen LogP contribution is 2.35. The van der Waals surface area contributed by atoms with E-state index >= 15 is 0 Å². The van der Waals surface area contributed by atoms with Gasteiger partial charge in [0.15, 0.2) is 0 Å². The van der Waals surface area contributed by atoms with Gasteiger partial charge in [-0.15, -0.1) is 0 Å². The summed E-state index contributed by atoms with van der Waals surface area (Å²) >= 11 is 0. The average Bonchev–Trinajstić information content (AvgIpc) is 3.05. The Labute approximate surface area is 256 Å². The number of aryl methyl sites for hydroxylation is 1. The van der Waals surface area contributed by atoms with Gasteiger partial charge in [0.25, 0.3) is 0 Å². The van der Waals surface area contributed by atoms with Gasteiger partial charge in [0.2, 0.25) is 0 Å². The molecule has 2 aliphatic rings. The Morgan fingerprint density at radius 1 is 0.955 bits per heavy atom. The van der Waals surface area contributed by atoms with E-state index in [4.69, 9.17) is 9.84 Å². The molecule has 2 aliphatic carbocycles. The predicted octanol–water partition coefficient (Wildman–Crippen LogP) is 8.32. The number of fused-ring (bicyclic) bond motifs is 1. The summed E-state index contributed by atoms with van der Waals surface area (Å²) in [6, 6.07) is 8.78. The van der Waals surface area contributed by atoms with E-state index in [2.05, 4.69) is 22.6 Å². The molecule has 0 radical (unpaired) electrons. The quantitative estimate of drug-likeness (QED) is 0.174. The summed E-state index contributed by atoms with van der Waals surface area (Å²) in [6.07, 6.45) is 15.5. The summed E-state index contributed by atoms with van der Waals surface area (Å²) < 4.78 is 32.0. The SMILES string of the molecule is C=C/C(=C\C1=C(C)CCC=C1c1ccc(F)cc1F)C(=O)OC.CC.O=C(O)c1ccc2c(c1)C(c1cncnc1)=CCC2. The molecule has 228 valence electrons. The van der Waals surface area contributed by atoms with Crippen molar-refractivity contribution in [2.24, 2.45) is 0 Å². The maximum Gasteiger partial charge on any atom is 0.337 e. The van der Waals surface area contributed by atoms with Gasteiger partial charge < -0.3 is 9.84 Å². The summed E-state index contributed by atoms with van der Waals surface area (Å²) in [5.41, 5.74) is 7.40. The number of allylic oxidation sites excluding steroid dienone is 6. The Bertz CT molecular complexity index is 1650. The highest BCUT2D eigenvalue weighted by molar-refractivity contribution is 5.95. The van der Waals surface area contributed by atoms with E-state index in [0.717, 1.165) is 59.6 Å². The molecule has 0 fully saturated rings. The molecule has 5 rings (SSSR count). The van der Waals surface area contributed by atoms with E-state index in [1.165, 1.54) is 37.2 Å². The van der Waals surface area contributed by atoms with Gasteiger partial charge in [0.05, 0.1) is 18.2 Å². The largest absolute Gasteiger partial charge is 0.478 e. The number of aromatic carboxylic acids is 1. The van der Waals surface area contributed by atoms with E-state index in [1.807, 2.05) is 32.9 Å². The molecule has 0 saturated heterocycles. The number of carboxylic acid groups (broad SMARTS) is 1. The first kappa shape index (κ1) is 33.5. The number of rotatable bonds is 6. The van der Waals surface area contributed by atoms with Crippen LogP contribution in [0.5, 0.6) is 0 Å². The molecule has 6 nitrogen and oxygen atoms in total. The van der Waals surface area contributed by atoms with Crippen molar-refractivity contribution in [1.29, 1.82) is 0 Å². The number of esters is 1. The zero-order valence-electron chi connectivity index (χ0n) is 25.4. The van der Waals surface area contributed by atoms with Crippen molar-refractivity contribution in [3.63, 3.8) is 0 Å². The number of hydrogen-bond acceptors (Lipinski definition) is 5. The number of nitrogens with zero attached hydrogens (tertiary/aromatic N) is 2. The average molecular weight is 599 g/mol. The zero-order valence-corrected chi connectivity index (χ0v) is 25.4. The lowest BCUT2D eigenvalue weighted by molar-refractivity contribution is -0.135. The minimum atomic E-state index is -0.906. The van der Waals surface area contributed by atoms with Crippen LogP contribution in [0.4, 0.5) is 8.78 Å². The van der Waals surface area contributed by atoms with Crippen LogP contribution < -0.4 is 0 Å². The molecule has 2 aromatic carbocycles. The van der Waals surface area contributed by atoms with Crippen molar-refractivity contribution in [3.05, 3.63) is 142 Å². The number of carboxylic acids is 1. The first-order valence-corrected chi connectivity index (χ1v) is 14.3. The van der Waals surface area contributed by atoms with Gasteiger partial charge in [-0.25, -0.2) is 28.3 Å². The molecule has 44 heavy (non-hydrogen) atoms. The molecule has 0 aliphatic heterocycles. The van der Waals surface area contributed by atoms with Gasteiger partial charge >= 0.3 is 11.9 Å². The Morgan fingerprint density at radius 3 is 2.27 bits per heavy atom. The third kappa shape index (κ3) is 8.10. The second-order valence-corrected chi connectivity index (χ2v) is 9.73. The predicted molar refractivity (Wildman–Crippen MR) is 169 cm³/mol. The molecular weight excluding hydrogens is 562 g/mol. The fraction of sp³-hybridized carbons (Fsp3) is 0.222. The van der Waals surface area contributed by atoms with E-state index in [-0.39, 0.29) is 5.57 Å². The monoisotopic (exact) mass is 598 g/mol. The number of methoxy groups -OCH3 is 1. The fourth-order valence-electron chi connectivity index (χ4n) is 4.92. The molecule has 1 heterocycles. The summed E-state index contributed by atoms with van der Waals surface area (Å²) in [5, 5.41) is 9.10. The number of halogens is 2. The van der Waals surface area contributed by atoms with E-state index in [1.54, 1.807) is 30.6 Å². The standard InChI is InChI=1S/C19H18F2O2.C15H12N2O2.C2H6/c1-4-13(19(22)23-3)10-17-12(2)6-5-7-15(17)16-9-8-14(20)11-18(16)21;18-15(19)11-5-4-10-2-1-3-13(14(10)6-11)12-7-16-9-17-8-12;1-2/h4,7-11H,1,5-6H2,2-3H3;3-9H,1-2H2,(H,18,19);1-2H3/b13-10+;;. The van der Waals surface area contributed by atoms with E-state index in [0.29, 0.717) is 16.7 Å². The molecular formula is C36H36F2N2O4. The van der Waals surface area contributed by atoms with E-state index < -0.39 is 23.6 Å². The van der Waals surface area contributed by atoms with Crippen molar-refractivity contribution in [2.75, 3.05) is 7.11 Å². The fourth-order valence-corrected chi connectivity index (χ4v) is 4.92. The zero-order chi connectivity index (χ0) is 32.2. The van der Waals surface area contributed by atoms with Gasteiger partial charge in [-0.05, 0) is 90.8 Å². The highest BCUT2D eigenvalue weighted by Gasteiger charge is 2.19. The van der Waals surface area contributed by atoms with Crippen molar-refractivity contribution in [1.82, 2.24) is 9.97 Å². The Balaban J connectivity index is 0.000000231. The molecule has 3 aromatic rings. The lowest BCUT2D eigenvalue weighted by Gasteiger charge is -2.19. The first-order chi connectivity index (χ1) is 21.2. The van der Waals surface area contributed by atoms with Gasteiger partial charge in [0, 0.05) is 29.6 Å². The maximum absolute atomic E-state index is 14.1. The van der Waals surface area contributed by atoms with Crippen LogP contribution in [0.2, 0.25) is 0 Å². The summed E-state index contributed by atoms with van der Waals surface area (Å²) in [4.78, 5) is 30.9. The maximum atomic E-state index is 14.1. The smallest absolute Gasteiger partial charge is 0.337 e. The highest BCUT2D eigenvalue weighted by atomic mass is 19.1. The van der Waals surface area contributed by atoms with Crippen LogP contribution in [0, 0.1) is 11.6 Å². The van der Waals surface area contributed by atoms with Crippen LogP contribution >= 0.6 is 0 Å². The topological polar surface area (TPSA) is 89.4 Å². The Morgan fingerprint density at radius 2 is 1.64 bits per heavy atom. The molecule has 0 atom stereocenters. The number of hydrogen-bond donors (Lipinski definition) is 1. The molecule has 0 amide bonds. The van der Waals surface area contributed by atoms with Crippen LogP contribution in [0.3, 0.4) is 0 Å². The molecule has 0 unspecified atom stereocenters. The number of benzene rings is 2. The molecule has 8 heteroatoms. The van der Waals surface area contributed by atoms with Crippen molar-refractivity contribution >= 4 is 23.1 Å². The van der Waals surface area contributed by atoms with Crippen molar-refractivity contribution < 1.29 is 28.2 Å². The van der Waals surface area contributed by atoms with Gasteiger partial charge in [-0.3, -0.25) is 0 Å². The third-order valence-electron chi connectivity index (χ3n) is 7.06. The van der Waals surface area contributed by atoms with Crippen molar-refractivity contribution in [3.8, 4) is 0 Å². The molecule has 0 bridgehead atoms. The van der Waals surface area contributed by atoms with Gasteiger partial charge in [0.1, 0.15) is 18.0 Å². The minimum Gasteiger partial charge on any atom is -0.478 e. The Hall–Kier alpha value is -4.98. The lowest BCUT2D eigenvalue weighted by atomic mass is 9.86. The van der Waals surface area contributed by atoms with Crippen LogP contribution in [0.25, 0.3) is 11.1 Å². The molecule has 0 saturated carbocycles. The number of carbonyl (C=O) groups is 2. The molecule has 1 aromatic heterocycles. The van der Waals surface area contributed by atoms with E-state index in [9.17, 15) is 18.4 Å². The van der Waals surface area contributed by atoms with Crippen LogP contribution in [-0.2, 0) is 16.0 Å². The summed E-state index contributed by atoms with van der Waals surface area (Å²) in [7, 11) is 1.29. The molecule has 1 N–H and O–H groups in total. The summed E-state index contributed by atoms with van der Waals surface area (Å²) in [6.45, 7) is 9.54. The normalized spacial score (nSPS) is 14.0. The number of aromatic nitrogens is 2. The van der Waals surface area contributed by atoms with Gasteiger partial charge in [-0.2, -0.15) is 0 Å². The first-order valence-electron chi connectivity index (χ1n) is 14.3. The Kier molecular flexibility index (Phi) is 12.2.